The van der Waals surface area contributed by atoms with Crippen molar-refractivity contribution < 1.29 is 4.39 Å². The highest BCUT2D eigenvalue weighted by Crippen LogP contribution is 2.34. The third-order valence-corrected chi connectivity index (χ3v) is 7.27. The number of anilines is 2. The molecule has 0 spiro atoms. The third-order valence-electron chi connectivity index (χ3n) is 6.60. The Morgan fingerprint density at radius 1 is 1.11 bits per heavy atom. The Kier molecular flexibility index (Phi) is 5.14. The lowest BCUT2D eigenvalue weighted by molar-refractivity contribution is 0.630. The van der Waals surface area contributed by atoms with Crippen molar-refractivity contribution in [2.24, 2.45) is 7.05 Å². The molecule has 11 heteroatoms. The first-order valence-electron chi connectivity index (χ1n) is 11.3. The molecule has 1 aliphatic carbocycles. The van der Waals surface area contributed by atoms with Gasteiger partial charge in [0.25, 0.3) is 11.1 Å². The lowest BCUT2D eigenvalue weighted by Crippen LogP contribution is -2.41. The van der Waals surface area contributed by atoms with E-state index in [1.54, 1.807) is 43.6 Å². The number of aryl methyl sites for hydroxylation is 1. The highest BCUT2D eigenvalue weighted by Gasteiger charge is 2.31. The van der Waals surface area contributed by atoms with E-state index in [-0.39, 0.29) is 34.0 Å². The maximum atomic E-state index is 14.8. The Hall–Kier alpha value is -3.74. The minimum Gasteiger partial charge on any atom is -0.345 e. The fourth-order valence-corrected chi connectivity index (χ4v) is 5.09. The molecule has 0 saturated heterocycles. The summed E-state index contributed by atoms with van der Waals surface area (Å²) in [7, 11) is 1.52. The van der Waals surface area contributed by atoms with Crippen molar-refractivity contribution in [3.63, 3.8) is 0 Å². The quantitative estimate of drug-likeness (QED) is 0.306. The van der Waals surface area contributed by atoms with E-state index in [1.165, 1.54) is 26.8 Å². The first-order valence-corrected chi connectivity index (χ1v) is 12.4. The molecule has 1 fully saturated rings. The Bertz CT molecular complexity index is 1900. The van der Waals surface area contributed by atoms with E-state index in [9.17, 15) is 18.8 Å². The highest BCUT2D eigenvalue weighted by atomic mass is 127. The molecule has 6 rings (SSSR count). The molecule has 3 heterocycles. The molecular weight excluding hydrogens is 578 g/mol. The maximum absolute atomic E-state index is 14.8. The van der Waals surface area contributed by atoms with Gasteiger partial charge in [-0.2, -0.15) is 0 Å². The predicted molar refractivity (Wildman–Crippen MR) is 144 cm³/mol. The van der Waals surface area contributed by atoms with Crippen LogP contribution in [0.15, 0.2) is 57.1 Å². The molecule has 0 aliphatic heterocycles. The zero-order chi connectivity index (χ0) is 25.3. The standard InChI is InChI=1S/C25H20FIN6O3/c1-12-21-20(22(31(2)23(12)34)30-17-7-3-13(27)9-16(17)26)24(35)33(14-4-5-14)25(36)32(21)15-6-8-18-19(10-15)29-11-28-18/h3,6-11,14,30H,4-5H2,1-2H3,(H,28,29). The monoisotopic (exact) mass is 598 g/mol. The van der Waals surface area contributed by atoms with Crippen LogP contribution in [0, 0.1) is 16.3 Å². The third kappa shape index (κ3) is 3.40. The molecule has 2 N–H and O–H groups in total. The van der Waals surface area contributed by atoms with E-state index in [4.69, 9.17) is 0 Å². The van der Waals surface area contributed by atoms with Gasteiger partial charge in [-0.1, -0.05) is 0 Å². The summed E-state index contributed by atoms with van der Waals surface area (Å²) in [5.74, 6) is -0.403. The molecule has 0 unspecified atom stereocenters. The molecule has 5 aromatic rings. The van der Waals surface area contributed by atoms with Crippen molar-refractivity contribution in [2.45, 2.75) is 25.8 Å². The number of H-pyrrole nitrogens is 1. The molecule has 0 bridgehead atoms. The number of pyridine rings is 1. The number of hydrogen-bond acceptors (Lipinski definition) is 5. The van der Waals surface area contributed by atoms with Crippen molar-refractivity contribution in [1.82, 2.24) is 23.7 Å². The van der Waals surface area contributed by atoms with Gasteiger partial charge in [0.2, 0.25) is 0 Å². The summed E-state index contributed by atoms with van der Waals surface area (Å²) < 4.78 is 19.4. The van der Waals surface area contributed by atoms with Crippen LogP contribution in [0.3, 0.4) is 0 Å². The second-order valence-corrected chi connectivity index (χ2v) is 10.2. The Labute approximate surface area is 216 Å². The lowest BCUT2D eigenvalue weighted by Gasteiger charge is -2.20. The van der Waals surface area contributed by atoms with E-state index >= 15 is 0 Å². The summed E-state index contributed by atoms with van der Waals surface area (Å²) in [6.45, 7) is 1.59. The highest BCUT2D eigenvalue weighted by molar-refractivity contribution is 14.1. The number of rotatable bonds is 4. The van der Waals surface area contributed by atoms with Gasteiger partial charge in [0.1, 0.15) is 17.0 Å². The molecule has 0 atom stereocenters. The van der Waals surface area contributed by atoms with Crippen molar-refractivity contribution in [2.75, 3.05) is 5.32 Å². The Morgan fingerprint density at radius 2 is 1.89 bits per heavy atom. The van der Waals surface area contributed by atoms with Crippen LogP contribution >= 0.6 is 22.6 Å². The zero-order valence-corrected chi connectivity index (χ0v) is 21.5. The summed E-state index contributed by atoms with van der Waals surface area (Å²) >= 11 is 2.01. The van der Waals surface area contributed by atoms with Crippen LogP contribution in [0.25, 0.3) is 27.6 Å². The largest absolute Gasteiger partial charge is 0.345 e. The van der Waals surface area contributed by atoms with Crippen molar-refractivity contribution in [3.05, 3.63) is 88.9 Å². The summed E-state index contributed by atoms with van der Waals surface area (Å²) in [4.78, 5) is 48.2. The van der Waals surface area contributed by atoms with Crippen LogP contribution < -0.4 is 22.1 Å². The van der Waals surface area contributed by atoms with E-state index in [1.807, 2.05) is 22.6 Å². The number of imidazole rings is 1. The summed E-state index contributed by atoms with van der Waals surface area (Å²) in [5.41, 5.74) is 1.02. The van der Waals surface area contributed by atoms with Gasteiger partial charge in [-0.15, -0.1) is 0 Å². The number of benzene rings is 2. The van der Waals surface area contributed by atoms with Crippen LogP contribution in [0.1, 0.15) is 24.4 Å². The molecule has 1 aliphatic rings. The van der Waals surface area contributed by atoms with Crippen molar-refractivity contribution in [3.8, 4) is 5.69 Å². The van der Waals surface area contributed by atoms with E-state index < -0.39 is 22.6 Å². The van der Waals surface area contributed by atoms with E-state index in [0.29, 0.717) is 27.6 Å². The number of hydrogen-bond donors (Lipinski definition) is 2. The number of aromatic nitrogens is 5. The van der Waals surface area contributed by atoms with Gasteiger partial charge < -0.3 is 10.3 Å². The average Bonchev–Trinajstić information content (AvgIpc) is 3.57. The van der Waals surface area contributed by atoms with Crippen LogP contribution in [0.4, 0.5) is 15.9 Å². The molecule has 9 nitrogen and oxygen atoms in total. The van der Waals surface area contributed by atoms with E-state index in [0.717, 1.165) is 5.52 Å². The molecule has 36 heavy (non-hydrogen) atoms. The predicted octanol–water partition coefficient (Wildman–Crippen LogP) is 3.86. The van der Waals surface area contributed by atoms with Crippen molar-refractivity contribution in [1.29, 1.82) is 0 Å². The second kappa shape index (κ2) is 8.15. The molecule has 0 radical (unpaired) electrons. The number of fused-ring (bicyclic) bond motifs is 2. The van der Waals surface area contributed by atoms with Gasteiger partial charge in [0, 0.05) is 22.2 Å². The SMILES string of the molecule is Cc1c(=O)n(C)c(Nc2ccc(I)cc2F)c2c(=O)n(C3CC3)c(=O)n(-c3ccc4nc[nH]c4c3)c12. The van der Waals surface area contributed by atoms with Crippen LogP contribution in [-0.4, -0.2) is 23.7 Å². The normalized spacial score (nSPS) is 13.6. The fraction of sp³-hybridized carbons (Fsp3) is 0.200. The summed E-state index contributed by atoms with van der Waals surface area (Å²) in [5, 5.41) is 3.11. The molecular formula is C25H20FIN6O3. The van der Waals surface area contributed by atoms with Gasteiger partial charge in [-0.05, 0) is 78.8 Å². The number of nitrogens with zero attached hydrogens (tertiary/aromatic N) is 4. The Balaban J connectivity index is 1.76. The van der Waals surface area contributed by atoms with Crippen LogP contribution in [0.5, 0.6) is 0 Å². The summed E-state index contributed by atoms with van der Waals surface area (Å²) in [6, 6.07) is 9.66. The van der Waals surface area contributed by atoms with Gasteiger partial charge in [0.05, 0.1) is 34.3 Å². The minimum absolute atomic E-state index is 0.115. The first-order chi connectivity index (χ1) is 17.3. The zero-order valence-electron chi connectivity index (χ0n) is 19.3. The van der Waals surface area contributed by atoms with Gasteiger partial charge in [-0.3, -0.25) is 23.3 Å². The number of aromatic amines is 1. The molecule has 0 amide bonds. The minimum atomic E-state index is -0.524. The van der Waals surface area contributed by atoms with Gasteiger partial charge >= 0.3 is 5.69 Å². The van der Waals surface area contributed by atoms with Gasteiger partial charge in [0.15, 0.2) is 0 Å². The average molecular weight is 598 g/mol. The lowest BCUT2D eigenvalue weighted by atomic mass is 10.1. The first kappa shape index (κ1) is 22.7. The van der Waals surface area contributed by atoms with E-state index in [2.05, 4.69) is 15.3 Å². The molecule has 2 aromatic carbocycles. The summed E-state index contributed by atoms with van der Waals surface area (Å²) in [6.07, 6.45) is 2.97. The number of nitrogens with one attached hydrogen (secondary N) is 2. The fourth-order valence-electron chi connectivity index (χ4n) is 4.64. The second-order valence-electron chi connectivity index (χ2n) is 8.94. The topological polar surface area (TPSA) is 107 Å². The molecule has 182 valence electrons. The molecule has 1 saturated carbocycles. The smallest absolute Gasteiger partial charge is 0.336 e. The Morgan fingerprint density at radius 3 is 2.61 bits per heavy atom. The van der Waals surface area contributed by atoms with Crippen LogP contribution in [-0.2, 0) is 7.05 Å². The number of halogens is 2. The van der Waals surface area contributed by atoms with Gasteiger partial charge in [-0.25, -0.2) is 14.2 Å². The van der Waals surface area contributed by atoms with Crippen LogP contribution in [0.2, 0.25) is 0 Å². The molecule has 3 aromatic heterocycles. The van der Waals surface area contributed by atoms with Crippen molar-refractivity contribution >= 4 is 56.0 Å². The maximum Gasteiger partial charge on any atom is 0.336 e.